The minimum Gasteiger partial charge on any atom is -0.493 e. The predicted molar refractivity (Wildman–Crippen MR) is 100 cm³/mol. The van der Waals surface area contributed by atoms with Crippen LogP contribution in [0.3, 0.4) is 0 Å². The molecule has 0 aliphatic rings. The minimum atomic E-state index is -0.00608. The van der Waals surface area contributed by atoms with Gasteiger partial charge in [0.25, 0.3) is 0 Å². The number of rotatable bonds is 7. The van der Waals surface area contributed by atoms with E-state index in [9.17, 15) is 4.79 Å². The summed E-state index contributed by atoms with van der Waals surface area (Å²) < 4.78 is 17.1. The van der Waals surface area contributed by atoms with Crippen LogP contribution >= 0.6 is 15.9 Å². The molecular formula is C19H22BrNO4. The lowest BCUT2D eigenvalue weighted by atomic mass is 10.1. The molecule has 0 aliphatic carbocycles. The van der Waals surface area contributed by atoms with Crippen molar-refractivity contribution in [2.45, 2.75) is 13.0 Å². The van der Waals surface area contributed by atoms with E-state index >= 15 is 0 Å². The van der Waals surface area contributed by atoms with Gasteiger partial charge in [-0.3, -0.25) is 4.79 Å². The lowest BCUT2D eigenvalue weighted by Crippen LogP contribution is -2.27. The number of nitrogens with zero attached hydrogens (tertiary/aromatic N) is 1. The summed E-state index contributed by atoms with van der Waals surface area (Å²) in [5, 5.41) is 0. The maximum atomic E-state index is 12.6. The Balaban J connectivity index is 2.15. The van der Waals surface area contributed by atoms with E-state index in [2.05, 4.69) is 15.9 Å². The van der Waals surface area contributed by atoms with Gasteiger partial charge in [0.15, 0.2) is 11.5 Å². The summed E-state index contributed by atoms with van der Waals surface area (Å²) in [6, 6.07) is 11.5. The molecule has 0 aliphatic heterocycles. The van der Waals surface area contributed by atoms with Crippen molar-refractivity contribution in [1.82, 2.24) is 4.90 Å². The second-order valence-electron chi connectivity index (χ2n) is 5.55. The molecule has 1 amide bonds. The standard InChI is InChI=1S/C19H22BrNO4/c1-21(12-13-5-8-15(20)9-6-13)17(22)11-14-7-10-16(23-2)19(25-4)18(14)24-3/h5-10H,11-12H2,1-4H3. The van der Waals surface area contributed by atoms with E-state index in [4.69, 9.17) is 14.2 Å². The van der Waals surface area contributed by atoms with Gasteiger partial charge in [-0.15, -0.1) is 0 Å². The molecule has 0 N–H and O–H groups in total. The molecule has 0 bridgehead atoms. The van der Waals surface area contributed by atoms with Crippen molar-refractivity contribution >= 4 is 21.8 Å². The zero-order valence-corrected chi connectivity index (χ0v) is 16.4. The topological polar surface area (TPSA) is 48.0 Å². The first kappa shape index (κ1) is 19.1. The average molecular weight is 408 g/mol. The Bertz CT molecular complexity index is 731. The van der Waals surface area contributed by atoms with E-state index < -0.39 is 0 Å². The third-order valence-corrected chi connectivity index (χ3v) is 4.41. The molecule has 0 saturated carbocycles. The number of amides is 1. The number of ether oxygens (including phenoxy) is 3. The number of hydrogen-bond acceptors (Lipinski definition) is 4. The van der Waals surface area contributed by atoms with E-state index in [0.717, 1.165) is 15.6 Å². The molecule has 0 fully saturated rings. The van der Waals surface area contributed by atoms with Crippen molar-refractivity contribution in [3.05, 3.63) is 52.0 Å². The molecule has 134 valence electrons. The second kappa shape index (κ2) is 8.76. The van der Waals surface area contributed by atoms with Gasteiger partial charge in [0, 0.05) is 23.6 Å². The highest BCUT2D eigenvalue weighted by molar-refractivity contribution is 9.10. The fourth-order valence-corrected chi connectivity index (χ4v) is 2.82. The van der Waals surface area contributed by atoms with Gasteiger partial charge in [0.1, 0.15) is 0 Å². The van der Waals surface area contributed by atoms with Crippen molar-refractivity contribution in [2.24, 2.45) is 0 Å². The third kappa shape index (κ3) is 4.66. The van der Waals surface area contributed by atoms with Gasteiger partial charge < -0.3 is 19.1 Å². The van der Waals surface area contributed by atoms with Crippen LogP contribution in [0.25, 0.3) is 0 Å². The van der Waals surface area contributed by atoms with Gasteiger partial charge in [0.05, 0.1) is 27.8 Å². The van der Waals surface area contributed by atoms with E-state index in [1.54, 1.807) is 39.3 Å². The monoisotopic (exact) mass is 407 g/mol. The van der Waals surface area contributed by atoms with Gasteiger partial charge in [0.2, 0.25) is 11.7 Å². The molecule has 0 spiro atoms. The highest BCUT2D eigenvalue weighted by Crippen LogP contribution is 2.40. The van der Waals surface area contributed by atoms with Crippen LogP contribution < -0.4 is 14.2 Å². The van der Waals surface area contributed by atoms with Crippen LogP contribution in [-0.4, -0.2) is 39.2 Å². The molecule has 2 rings (SSSR count). The van der Waals surface area contributed by atoms with Gasteiger partial charge in [-0.05, 0) is 23.8 Å². The third-order valence-electron chi connectivity index (χ3n) is 3.89. The average Bonchev–Trinajstić information content (AvgIpc) is 2.62. The number of benzene rings is 2. The van der Waals surface area contributed by atoms with Crippen LogP contribution in [0.5, 0.6) is 17.2 Å². The van der Waals surface area contributed by atoms with Crippen molar-refractivity contribution in [3.8, 4) is 17.2 Å². The fourth-order valence-electron chi connectivity index (χ4n) is 2.55. The van der Waals surface area contributed by atoms with Gasteiger partial charge in [-0.2, -0.15) is 0 Å². The Morgan fingerprint density at radius 2 is 1.60 bits per heavy atom. The molecular weight excluding hydrogens is 386 g/mol. The molecule has 5 nitrogen and oxygen atoms in total. The quantitative estimate of drug-likeness (QED) is 0.702. The van der Waals surface area contributed by atoms with Crippen LogP contribution in [-0.2, 0) is 17.8 Å². The molecule has 0 atom stereocenters. The lowest BCUT2D eigenvalue weighted by Gasteiger charge is -2.19. The first-order chi connectivity index (χ1) is 12.0. The molecule has 0 unspecified atom stereocenters. The summed E-state index contributed by atoms with van der Waals surface area (Å²) in [4.78, 5) is 14.3. The number of likely N-dealkylation sites (N-methyl/N-ethyl adjacent to an activating group) is 1. The molecule has 0 saturated heterocycles. The molecule has 0 aromatic heterocycles. The van der Waals surface area contributed by atoms with E-state index in [1.165, 1.54) is 0 Å². The van der Waals surface area contributed by atoms with Crippen molar-refractivity contribution < 1.29 is 19.0 Å². The molecule has 2 aromatic rings. The Labute approximate surface area is 156 Å². The summed E-state index contributed by atoms with van der Waals surface area (Å²) in [7, 11) is 6.45. The smallest absolute Gasteiger partial charge is 0.227 e. The van der Waals surface area contributed by atoms with Crippen LogP contribution in [0.2, 0.25) is 0 Å². The van der Waals surface area contributed by atoms with Crippen LogP contribution in [0, 0.1) is 0 Å². The molecule has 2 aromatic carbocycles. The molecule has 0 radical (unpaired) electrons. The van der Waals surface area contributed by atoms with E-state index in [-0.39, 0.29) is 12.3 Å². The van der Waals surface area contributed by atoms with E-state index in [1.807, 2.05) is 30.3 Å². The maximum absolute atomic E-state index is 12.6. The lowest BCUT2D eigenvalue weighted by molar-refractivity contribution is -0.129. The molecule has 6 heteroatoms. The maximum Gasteiger partial charge on any atom is 0.227 e. The first-order valence-electron chi connectivity index (χ1n) is 7.76. The van der Waals surface area contributed by atoms with Gasteiger partial charge in [-0.1, -0.05) is 34.1 Å². The summed E-state index contributed by atoms with van der Waals surface area (Å²) >= 11 is 3.41. The summed E-state index contributed by atoms with van der Waals surface area (Å²) in [6.07, 6.45) is 0.219. The highest BCUT2D eigenvalue weighted by Gasteiger charge is 2.19. The zero-order valence-electron chi connectivity index (χ0n) is 14.8. The van der Waals surface area contributed by atoms with Gasteiger partial charge >= 0.3 is 0 Å². The van der Waals surface area contributed by atoms with Crippen molar-refractivity contribution in [3.63, 3.8) is 0 Å². The molecule has 0 heterocycles. The molecule has 25 heavy (non-hydrogen) atoms. The Morgan fingerprint density at radius 3 is 2.16 bits per heavy atom. The Kier molecular flexibility index (Phi) is 6.70. The number of methoxy groups -OCH3 is 3. The Morgan fingerprint density at radius 1 is 0.960 bits per heavy atom. The van der Waals surface area contributed by atoms with Crippen LogP contribution in [0.4, 0.5) is 0 Å². The number of halogens is 1. The number of carbonyl (C=O) groups is 1. The normalized spacial score (nSPS) is 10.3. The van der Waals surface area contributed by atoms with Crippen LogP contribution in [0.1, 0.15) is 11.1 Å². The summed E-state index contributed by atoms with van der Waals surface area (Å²) in [6.45, 7) is 0.543. The van der Waals surface area contributed by atoms with Gasteiger partial charge in [-0.25, -0.2) is 0 Å². The largest absolute Gasteiger partial charge is 0.493 e. The number of hydrogen-bond donors (Lipinski definition) is 0. The number of carbonyl (C=O) groups excluding carboxylic acids is 1. The minimum absolute atomic E-state index is 0.00608. The SMILES string of the molecule is COc1ccc(CC(=O)N(C)Cc2ccc(Br)cc2)c(OC)c1OC. The summed E-state index contributed by atoms with van der Waals surface area (Å²) in [5.41, 5.74) is 1.83. The van der Waals surface area contributed by atoms with E-state index in [0.29, 0.717) is 23.8 Å². The van der Waals surface area contributed by atoms with Crippen molar-refractivity contribution in [2.75, 3.05) is 28.4 Å². The fraction of sp³-hybridized carbons (Fsp3) is 0.316. The van der Waals surface area contributed by atoms with Crippen molar-refractivity contribution in [1.29, 1.82) is 0 Å². The highest BCUT2D eigenvalue weighted by atomic mass is 79.9. The Hall–Kier alpha value is -2.21. The zero-order chi connectivity index (χ0) is 18.4. The summed E-state index contributed by atoms with van der Waals surface area (Å²) in [5.74, 6) is 1.57. The first-order valence-corrected chi connectivity index (χ1v) is 8.55. The predicted octanol–water partition coefficient (Wildman–Crippen LogP) is 3.68. The second-order valence-corrected chi connectivity index (χ2v) is 6.46. The van der Waals surface area contributed by atoms with Crippen LogP contribution in [0.15, 0.2) is 40.9 Å².